The Kier molecular flexibility index (Phi) is 3.73. The molecule has 2 rings (SSSR count). The molecular formula is C13H23N3O2. The van der Waals surface area contributed by atoms with Crippen LogP contribution in [0.3, 0.4) is 0 Å². The Bertz CT molecular complexity index is 397. The summed E-state index contributed by atoms with van der Waals surface area (Å²) in [6.07, 6.45) is 2.11. The SMILES string of the molecule is CCC1OCCC1c1nc(C(N)C(C)(C)C)no1. The van der Waals surface area contributed by atoms with Crippen LogP contribution in [0.1, 0.15) is 64.2 Å². The summed E-state index contributed by atoms with van der Waals surface area (Å²) in [7, 11) is 0. The summed E-state index contributed by atoms with van der Waals surface area (Å²) in [4.78, 5) is 4.47. The number of hydrogen-bond donors (Lipinski definition) is 1. The van der Waals surface area contributed by atoms with Crippen LogP contribution in [0.2, 0.25) is 0 Å². The van der Waals surface area contributed by atoms with Crippen LogP contribution in [0.15, 0.2) is 4.52 Å². The summed E-state index contributed by atoms with van der Waals surface area (Å²) in [6.45, 7) is 9.09. The second kappa shape index (κ2) is 4.97. The highest BCUT2D eigenvalue weighted by molar-refractivity contribution is 5.04. The third kappa shape index (κ3) is 2.57. The molecule has 1 aliphatic rings. The van der Waals surface area contributed by atoms with E-state index in [1.807, 2.05) is 0 Å². The highest BCUT2D eigenvalue weighted by atomic mass is 16.5. The van der Waals surface area contributed by atoms with Gasteiger partial charge in [0, 0.05) is 6.61 Å². The molecular weight excluding hydrogens is 230 g/mol. The largest absolute Gasteiger partial charge is 0.377 e. The van der Waals surface area contributed by atoms with E-state index in [0.29, 0.717) is 11.7 Å². The molecule has 3 atom stereocenters. The van der Waals surface area contributed by atoms with Crippen LogP contribution in [-0.4, -0.2) is 22.9 Å². The van der Waals surface area contributed by atoms with Crippen molar-refractivity contribution in [3.05, 3.63) is 11.7 Å². The lowest BCUT2D eigenvalue weighted by molar-refractivity contribution is 0.0953. The third-order valence-electron chi connectivity index (χ3n) is 3.60. The molecule has 1 aliphatic heterocycles. The van der Waals surface area contributed by atoms with E-state index in [0.717, 1.165) is 19.4 Å². The Labute approximate surface area is 108 Å². The van der Waals surface area contributed by atoms with Crippen molar-refractivity contribution in [3.63, 3.8) is 0 Å². The molecule has 1 aromatic heterocycles. The first-order chi connectivity index (χ1) is 8.43. The minimum Gasteiger partial charge on any atom is -0.377 e. The van der Waals surface area contributed by atoms with Crippen LogP contribution in [-0.2, 0) is 4.74 Å². The van der Waals surface area contributed by atoms with Crippen LogP contribution in [0.5, 0.6) is 0 Å². The van der Waals surface area contributed by atoms with Crippen molar-refractivity contribution in [2.24, 2.45) is 11.1 Å². The summed E-state index contributed by atoms with van der Waals surface area (Å²) in [6, 6.07) is -0.211. The number of nitrogens with two attached hydrogens (primary N) is 1. The van der Waals surface area contributed by atoms with Gasteiger partial charge in [-0.3, -0.25) is 0 Å². The predicted octanol–water partition coefficient (Wildman–Crippen LogP) is 2.40. The first kappa shape index (κ1) is 13.5. The van der Waals surface area contributed by atoms with Crippen LogP contribution in [0.4, 0.5) is 0 Å². The monoisotopic (exact) mass is 253 g/mol. The zero-order valence-corrected chi connectivity index (χ0v) is 11.6. The third-order valence-corrected chi connectivity index (χ3v) is 3.60. The van der Waals surface area contributed by atoms with Crippen LogP contribution in [0.25, 0.3) is 0 Å². The molecule has 102 valence electrons. The molecule has 0 amide bonds. The van der Waals surface area contributed by atoms with Crippen LogP contribution < -0.4 is 5.73 Å². The molecule has 0 aromatic carbocycles. The van der Waals surface area contributed by atoms with E-state index in [1.165, 1.54) is 0 Å². The van der Waals surface area contributed by atoms with Crippen LogP contribution in [0, 0.1) is 5.41 Å². The molecule has 0 bridgehead atoms. The molecule has 1 aromatic rings. The Morgan fingerprint density at radius 3 is 2.78 bits per heavy atom. The first-order valence-electron chi connectivity index (χ1n) is 6.64. The summed E-state index contributed by atoms with van der Waals surface area (Å²) < 4.78 is 11.0. The minimum absolute atomic E-state index is 0.0719. The van der Waals surface area contributed by atoms with Crippen molar-refractivity contribution in [3.8, 4) is 0 Å². The van der Waals surface area contributed by atoms with Gasteiger partial charge in [-0.05, 0) is 18.3 Å². The number of aromatic nitrogens is 2. The minimum atomic E-state index is -0.211. The maximum atomic E-state index is 6.13. The fourth-order valence-corrected chi connectivity index (χ4v) is 2.24. The van der Waals surface area contributed by atoms with Crippen molar-refractivity contribution in [2.75, 3.05) is 6.61 Å². The first-order valence-corrected chi connectivity index (χ1v) is 6.64. The second-order valence-electron chi connectivity index (χ2n) is 6.05. The standard InChI is InChI=1S/C13H23N3O2/c1-5-9-8(6-7-17-9)12-15-11(16-18-12)10(14)13(2,3)4/h8-10H,5-7,14H2,1-4H3. The number of ether oxygens (including phenoxy) is 1. The fraction of sp³-hybridized carbons (Fsp3) is 0.846. The molecule has 1 saturated heterocycles. The van der Waals surface area contributed by atoms with Gasteiger partial charge >= 0.3 is 0 Å². The fourth-order valence-electron chi connectivity index (χ4n) is 2.24. The van der Waals surface area contributed by atoms with E-state index in [-0.39, 0.29) is 23.5 Å². The molecule has 18 heavy (non-hydrogen) atoms. The highest BCUT2D eigenvalue weighted by Crippen LogP contribution is 2.34. The number of hydrogen-bond acceptors (Lipinski definition) is 5. The molecule has 3 unspecified atom stereocenters. The quantitative estimate of drug-likeness (QED) is 0.895. The summed E-state index contributed by atoms with van der Waals surface area (Å²) in [5.74, 6) is 1.50. The zero-order valence-electron chi connectivity index (χ0n) is 11.6. The summed E-state index contributed by atoms with van der Waals surface area (Å²) >= 11 is 0. The normalized spacial score (nSPS) is 26.5. The lowest BCUT2D eigenvalue weighted by Crippen LogP contribution is -2.27. The van der Waals surface area contributed by atoms with E-state index < -0.39 is 0 Å². The van der Waals surface area contributed by atoms with E-state index >= 15 is 0 Å². The van der Waals surface area contributed by atoms with Crippen LogP contribution >= 0.6 is 0 Å². The number of rotatable bonds is 3. The van der Waals surface area contributed by atoms with E-state index in [9.17, 15) is 0 Å². The Morgan fingerprint density at radius 1 is 1.44 bits per heavy atom. The van der Waals surface area contributed by atoms with Crippen molar-refractivity contribution in [1.82, 2.24) is 10.1 Å². The highest BCUT2D eigenvalue weighted by Gasteiger charge is 2.34. The van der Waals surface area contributed by atoms with Crippen molar-refractivity contribution in [2.45, 2.75) is 58.6 Å². The molecule has 0 radical (unpaired) electrons. The summed E-state index contributed by atoms with van der Waals surface area (Å²) in [5.41, 5.74) is 6.06. The maximum Gasteiger partial charge on any atom is 0.232 e. The van der Waals surface area contributed by atoms with Crippen molar-refractivity contribution < 1.29 is 9.26 Å². The number of nitrogens with zero attached hydrogens (tertiary/aromatic N) is 2. The Hall–Kier alpha value is -0.940. The van der Waals surface area contributed by atoms with E-state index in [4.69, 9.17) is 15.0 Å². The van der Waals surface area contributed by atoms with Gasteiger partial charge in [0.05, 0.1) is 18.1 Å². The topological polar surface area (TPSA) is 74.2 Å². The maximum absolute atomic E-state index is 6.13. The molecule has 2 N–H and O–H groups in total. The molecule has 0 aliphatic carbocycles. The Balaban J connectivity index is 2.15. The van der Waals surface area contributed by atoms with Gasteiger partial charge in [-0.15, -0.1) is 0 Å². The average Bonchev–Trinajstić information content (AvgIpc) is 2.94. The van der Waals surface area contributed by atoms with Gasteiger partial charge in [0.1, 0.15) is 0 Å². The molecule has 5 heteroatoms. The van der Waals surface area contributed by atoms with Gasteiger partial charge in [0.15, 0.2) is 5.82 Å². The van der Waals surface area contributed by atoms with Gasteiger partial charge in [0.25, 0.3) is 0 Å². The zero-order chi connectivity index (χ0) is 13.3. The smallest absolute Gasteiger partial charge is 0.232 e. The molecule has 1 fully saturated rings. The Morgan fingerprint density at radius 2 is 2.17 bits per heavy atom. The molecule has 2 heterocycles. The van der Waals surface area contributed by atoms with Gasteiger partial charge in [-0.25, -0.2) is 0 Å². The predicted molar refractivity (Wildman–Crippen MR) is 68.1 cm³/mol. The van der Waals surface area contributed by atoms with Crippen molar-refractivity contribution in [1.29, 1.82) is 0 Å². The molecule has 0 saturated carbocycles. The molecule has 5 nitrogen and oxygen atoms in total. The van der Waals surface area contributed by atoms with Gasteiger partial charge < -0.3 is 15.0 Å². The van der Waals surface area contributed by atoms with E-state index in [1.54, 1.807) is 0 Å². The second-order valence-corrected chi connectivity index (χ2v) is 6.05. The van der Waals surface area contributed by atoms with Gasteiger partial charge in [0.2, 0.25) is 5.89 Å². The average molecular weight is 253 g/mol. The lowest BCUT2D eigenvalue weighted by Gasteiger charge is -2.23. The van der Waals surface area contributed by atoms with Crippen molar-refractivity contribution >= 4 is 0 Å². The summed E-state index contributed by atoms with van der Waals surface area (Å²) in [5, 5.41) is 4.03. The van der Waals surface area contributed by atoms with Gasteiger partial charge in [-0.2, -0.15) is 4.98 Å². The van der Waals surface area contributed by atoms with E-state index in [2.05, 4.69) is 37.8 Å². The van der Waals surface area contributed by atoms with Gasteiger partial charge in [-0.1, -0.05) is 32.9 Å². The molecule has 0 spiro atoms. The lowest BCUT2D eigenvalue weighted by atomic mass is 9.87.